The van der Waals surface area contributed by atoms with Gasteiger partial charge in [0.1, 0.15) is 6.04 Å². The van der Waals surface area contributed by atoms with Gasteiger partial charge < -0.3 is 15.3 Å². The van der Waals surface area contributed by atoms with Gasteiger partial charge in [0.2, 0.25) is 0 Å². The maximum Gasteiger partial charge on any atom is 0.328 e. The van der Waals surface area contributed by atoms with Crippen LogP contribution in [0, 0.1) is 0 Å². The molecular formula is C13H14N2O4. The predicted octanol–water partition coefficient (Wildman–Crippen LogP) is 0.159. The number of nitrogens with zero attached hydrogens (tertiary/aromatic N) is 1. The molecule has 1 aromatic carbocycles. The van der Waals surface area contributed by atoms with Crippen LogP contribution in [0.5, 0.6) is 0 Å². The molecule has 2 atom stereocenters. The van der Waals surface area contributed by atoms with E-state index in [0.29, 0.717) is 0 Å². The quantitative estimate of drug-likeness (QED) is 0.760. The van der Waals surface area contributed by atoms with E-state index in [1.165, 1.54) is 4.90 Å². The molecule has 0 unspecified atom stereocenters. The number of hydrogen-bond acceptors (Lipinski definition) is 3. The molecule has 19 heavy (non-hydrogen) atoms. The van der Waals surface area contributed by atoms with Gasteiger partial charge in [0, 0.05) is 0 Å². The van der Waals surface area contributed by atoms with E-state index in [9.17, 15) is 14.4 Å². The second-order valence-electron chi connectivity index (χ2n) is 4.41. The smallest absolute Gasteiger partial charge is 0.328 e. The summed E-state index contributed by atoms with van der Waals surface area (Å²) in [5, 5.41) is 11.1. The van der Waals surface area contributed by atoms with Gasteiger partial charge in [0.15, 0.2) is 0 Å². The van der Waals surface area contributed by atoms with Crippen molar-refractivity contribution >= 4 is 17.8 Å². The van der Waals surface area contributed by atoms with E-state index in [-0.39, 0.29) is 12.6 Å². The van der Waals surface area contributed by atoms with Crippen molar-refractivity contribution in [1.82, 2.24) is 10.2 Å². The average Bonchev–Trinajstić information content (AvgIpc) is 2.41. The highest BCUT2D eigenvalue weighted by molar-refractivity contribution is 6.36. The summed E-state index contributed by atoms with van der Waals surface area (Å²) in [4.78, 5) is 35.6. The molecule has 2 N–H and O–H groups in total. The van der Waals surface area contributed by atoms with Crippen LogP contribution in [0.4, 0.5) is 0 Å². The zero-order chi connectivity index (χ0) is 14.0. The van der Waals surface area contributed by atoms with Gasteiger partial charge in [0.05, 0.1) is 12.6 Å². The van der Waals surface area contributed by atoms with Crippen molar-refractivity contribution in [1.29, 1.82) is 0 Å². The highest BCUT2D eigenvalue weighted by atomic mass is 16.4. The standard InChI is InChI=1S/C13H14N2O4/c1-8(9-5-3-2-4-6-9)15-7-10(13(18)19)14-11(16)12(15)17/h2-6,8,10H,7H2,1H3,(H,14,16)(H,18,19)/t8-,10-/m1/s1. The lowest BCUT2D eigenvalue weighted by atomic mass is 10.0. The molecule has 2 amide bonds. The number of benzene rings is 1. The lowest BCUT2D eigenvalue weighted by molar-refractivity contribution is -0.155. The van der Waals surface area contributed by atoms with E-state index in [0.717, 1.165) is 5.56 Å². The van der Waals surface area contributed by atoms with E-state index < -0.39 is 23.8 Å². The zero-order valence-electron chi connectivity index (χ0n) is 10.4. The summed E-state index contributed by atoms with van der Waals surface area (Å²) in [6.07, 6.45) is 0. The number of carboxylic acid groups (broad SMARTS) is 1. The van der Waals surface area contributed by atoms with Gasteiger partial charge in [-0.1, -0.05) is 30.3 Å². The molecule has 2 rings (SSSR count). The number of hydrogen-bond donors (Lipinski definition) is 2. The summed E-state index contributed by atoms with van der Waals surface area (Å²) in [6, 6.07) is 7.77. The van der Waals surface area contributed by atoms with Crippen molar-refractivity contribution in [3.8, 4) is 0 Å². The fourth-order valence-electron chi connectivity index (χ4n) is 2.06. The number of amides is 2. The van der Waals surface area contributed by atoms with Crippen molar-refractivity contribution < 1.29 is 19.5 Å². The molecule has 0 spiro atoms. The van der Waals surface area contributed by atoms with Crippen LogP contribution in [-0.2, 0) is 14.4 Å². The highest BCUT2D eigenvalue weighted by Gasteiger charge is 2.38. The van der Waals surface area contributed by atoms with Gasteiger partial charge in [-0.05, 0) is 12.5 Å². The lowest BCUT2D eigenvalue weighted by Crippen LogP contribution is -2.60. The first-order valence-corrected chi connectivity index (χ1v) is 5.90. The molecule has 0 saturated carbocycles. The Labute approximate surface area is 110 Å². The predicted molar refractivity (Wildman–Crippen MR) is 66.1 cm³/mol. The van der Waals surface area contributed by atoms with Crippen LogP contribution in [0.2, 0.25) is 0 Å². The van der Waals surface area contributed by atoms with Crippen LogP contribution in [0.25, 0.3) is 0 Å². The summed E-state index contributed by atoms with van der Waals surface area (Å²) in [5.74, 6) is -2.72. The van der Waals surface area contributed by atoms with Gasteiger partial charge in [-0.15, -0.1) is 0 Å². The molecule has 1 heterocycles. The molecule has 0 radical (unpaired) electrons. The zero-order valence-corrected chi connectivity index (χ0v) is 10.4. The molecule has 1 aliphatic heterocycles. The Bertz CT molecular complexity index is 515. The van der Waals surface area contributed by atoms with Crippen molar-refractivity contribution in [3.05, 3.63) is 35.9 Å². The minimum atomic E-state index is -1.15. The maximum atomic E-state index is 11.8. The summed E-state index contributed by atoms with van der Waals surface area (Å²) in [5.41, 5.74) is 0.856. The van der Waals surface area contributed by atoms with Crippen molar-refractivity contribution in [2.75, 3.05) is 6.54 Å². The molecule has 6 heteroatoms. The van der Waals surface area contributed by atoms with Crippen LogP contribution < -0.4 is 5.32 Å². The Balaban J connectivity index is 2.24. The van der Waals surface area contributed by atoms with E-state index in [1.807, 2.05) is 30.3 Å². The van der Waals surface area contributed by atoms with E-state index >= 15 is 0 Å². The van der Waals surface area contributed by atoms with E-state index in [4.69, 9.17) is 5.11 Å². The second-order valence-corrected chi connectivity index (χ2v) is 4.41. The fourth-order valence-corrected chi connectivity index (χ4v) is 2.06. The Hall–Kier alpha value is -2.37. The molecule has 1 saturated heterocycles. The number of nitrogens with one attached hydrogen (secondary N) is 1. The summed E-state index contributed by atoms with van der Waals surface area (Å²) in [6.45, 7) is 1.74. The van der Waals surface area contributed by atoms with Gasteiger partial charge in [0.25, 0.3) is 0 Å². The molecule has 1 aromatic rings. The van der Waals surface area contributed by atoms with Crippen LogP contribution in [0.1, 0.15) is 18.5 Å². The van der Waals surface area contributed by atoms with Crippen molar-refractivity contribution in [3.63, 3.8) is 0 Å². The minimum Gasteiger partial charge on any atom is -0.480 e. The highest BCUT2D eigenvalue weighted by Crippen LogP contribution is 2.21. The first-order valence-electron chi connectivity index (χ1n) is 5.90. The number of carboxylic acids is 1. The molecule has 0 bridgehead atoms. The van der Waals surface area contributed by atoms with E-state index in [1.54, 1.807) is 6.92 Å². The van der Waals surface area contributed by atoms with Gasteiger partial charge >= 0.3 is 17.8 Å². The number of aliphatic carboxylic acids is 1. The number of piperazine rings is 1. The molecule has 1 aliphatic rings. The molecule has 100 valence electrons. The van der Waals surface area contributed by atoms with Gasteiger partial charge in [-0.2, -0.15) is 0 Å². The average molecular weight is 262 g/mol. The number of carbonyl (C=O) groups excluding carboxylic acids is 2. The van der Waals surface area contributed by atoms with Crippen molar-refractivity contribution in [2.24, 2.45) is 0 Å². The fraction of sp³-hybridized carbons (Fsp3) is 0.308. The Morgan fingerprint density at radius 3 is 2.58 bits per heavy atom. The molecule has 0 aliphatic carbocycles. The second kappa shape index (κ2) is 5.09. The third-order valence-corrected chi connectivity index (χ3v) is 3.19. The molecule has 0 aromatic heterocycles. The minimum absolute atomic E-state index is 0.0318. The van der Waals surface area contributed by atoms with Crippen molar-refractivity contribution in [2.45, 2.75) is 19.0 Å². The summed E-state index contributed by atoms with van der Waals surface area (Å²) >= 11 is 0. The Kier molecular flexibility index (Phi) is 3.50. The topological polar surface area (TPSA) is 86.7 Å². The van der Waals surface area contributed by atoms with Crippen LogP contribution in [-0.4, -0.2) is 40.4 Å². The van der Waals surface area contributed by atoms with Crippen LogP contribution in [0.3, 0.4) is 0 Å². The maximum absolute atomic E-state index is 11.8. The SMILES string of the molecule is C[C@H](c1ccccc1)N1C[C@H](C(=O)O)NC(=O)C1=O. The molecule has 1 fully saturated rings. The van der Waals surface area contributed by atoms with Crippen LogP contribution >= 0.6 is 0 Å². The largest absolute Gasteiger partial charge is 0.480 e. The van der Waals surface area contributed by atoms with Gasteiger partial charge in [-0.3, -0.25) is 9.59 Å². The third kappa shape index (κ3) is 2.57. The lowest BCUT2D eigenvalue weighted by Gasteiger charge is -2.35. The first-order chi connectivity index (χ1) is 9.00. The monoisotopic (exact) mass is 262 g/mol. The number of rotatable bonds is 3. The normalized spacial score (nSPS) is 20.9. The molecular weight excluding hydrogens is 248 g/mol. The Morgan fingerprint density at radius 2 is 2.00 bits per heavy atom. The number of carbonyl (C=O) groups is 3. The third-order valence-electron chi connectivity index (χ3n) is 3.19. The Morgan fingerprint density at radius 1 is 1.37 bits per heavy atom. The van der Waals surface area contributed by atoms with Crippen LogP contribution in [0.15, 0.2) is 30.3 Å². The van der Waals surface area contributed by atoms with E-state index in [2.05, 4.69) is 5.32 Å². The summed E-state index contributed by atoms with van der Waals surface area (Å²) in [7, 11) is 0. The first kappa shape index (κ1) is 13.1. The van der Waals surface area contributed by atoms with Gasteiger partial charge in [-0.25, -0.2) is 4.79 Å². The molecule has 6 nitrogen and oxygen atoms in total. The summed E-state index contributed by atoms with van der Waals surface area (Å²) < 4.78 is 0.